The Balaban J connectivity index is 1.72. The van der Waals surface area contributed by atoms with Crippen molar-refractivity contribution in [1.29, 1.82) is 0 Å². The predicted octanol–water partition coefficient (Wildman–Crippen LogP) is 4.96. The minimum Gasteiger partial charge on any atom is -0.497 e. The molecule has 0 bridgehead atoms. The number of carbonyl (C=O) groups is 2. The van der Waals surface area contributed by atoms with Gasteiger partial charge in [-0.15, -0.1) is 11.8 Å². The minimum absolute atomic E-state index is 0.128. The number of rotatable bonds is 9. The Morgan fingerprint density at radius 1 is 1.05 bits per heavy atom. The number of ether oxygens (including phenoxy) is 2. The number of benzene rings is 3. The summed E-state index contributed by atoms with van der Waals surface area (Å²) in [5.74, 6) is -0.377. The lowest BCUT2D eigenvalue weighted by atomic mass is 10.0. The molecule has 9 nitrogen and oxygen atoms in total. The Morgan fingerprint density at radius 3 is 2.37 bits per heavy atom. The number of thioether (sulfide) groups is 1. The van der Waals surface area contributed by atoms with Gasteiger partial charge in [-0.2, -0.15) is 0 Å². The van der Waals surface area contributed by atoms with Gasteiger partial charge in [0, 0.05) is 23.6 Å². The molecule has 0 fully saturated rings. The summed E-state index contributed by atoms with van der Waals surface area (Å²) in [5.41, 5.74) is 1.56. The molecule has 0 radical (unpaired) electrons. The fraction of sp³-hybridized carbons (Fsp3) is 0.286. The monoisotopic (exact) mass is 535 g/mol. The van der Waals surface area contributed by atoms with Crippen LogP contribution in [0.4, 0.5) is 11.4 Å². The number of esters is 1. The molecule has 38 heavy (non-hydrogen) atoms. The van der Waals surface area contributed by atoms with Gasteiger partial charge in [0.1, 0.15) is 5.75 Å². The van der Waals surface area contributed by atoms with Crippen LogP contribution in [-0.4, -0.2) is 62.1 Å². The van der Waals surface area contributed by atoms with E-state index in [1.807, 2.05) is 50.5 Å². The molecule has 2 atom stereocenters. The number of nitro benzene ring substituents is 1. The Labute approximate surface area is 225 Å². The Hall–Kier alpha value is -3.89. The van der Waals surface area contributed by atoms with E-state index in [0.29, 0.717) is 12.3 Å². The Morgan fingerprint density at radius 2 is 1.74 bits per heavy atom. The van der Waals surface area contributed by atoms with E-state index >= 15 is 0 Å². The summed E-state index contributed by atoms with van der Waals surface area (Å²) < 4.78 is 11.2. The number of nitrogens with zero attached hydrogens (tertiary/aromatic N) is 3. The van der Waals surface area contributed by atoms with Gasteiger partial charge < -0.3 is 19.3 Å². The fourth-order valence-corrected chi connectivity index (χ4v) is 5.53. The normalized spacial score (nSPS) is 17.1. The number of non-ortho nitro benzene ring substituents is 1. The van der Waals surface area contributed by atoms with Crippen LogP contribution in [0, 0.1) is 10.1 Å². The van der Waals surface area contributed by atoms with E-state index in [1.54, 1.807) is 24.1 Å². The average molecular weight is 536 g/mol. The summed E-state index contributed by atoms with van der Waals surface area (Å²) in [6.45, 7) is 1.24. The molecule has 0 aliphatic carbocycles. The molecule has 3 aromatic carbocycles. The van der Waals surface area contributed by atoms with Crippen LogP contribution >= 0.6 is 11.8 Å². The van der Waals surface area contributed by atoms with Crippen LogP contribution in [0.25, 0.3) is 0 Å². The first-order valence-electron chi connectivity index (χ1n) is 12.1. The topological polar surface area (TPSA) is 102 Å². The summed E-state index contributed by atoms with van der Waals surface area (Å²) in [6, 6.07) is 20.2. The zero-order valence-electron chi connectivity index (χ0n) is 21.4. The molecule has 1 aliphatic rings. The quantitative estimate of drug-likeness (QED) is 0.215. The second kappa shape index (κ2) is 12.1. The lowest BCUT2D eigenvalue weighted by Gasteiger charge is -2.28. The fourth-order valence-electron chi connectivity index (χ4n) is 4.21. The lowest BCUT2D eigenvalue weighted by Crippen LogP contribution is -2.43. The number of methoxy groups -OCH3 is 1. The van der Waals surface area contributed by atoms with Crippen molar-refractivity contribution in [2.24, 2.45) is 0 Å². The van der Waals surface area contributed by atoms with Crippen LogP contribution < -0.4 is 9.64 Å². The summed E-state index contributed by atoms with van der Waals surface area (Å²) >= 11 is 1.46. The van der Waals surface area contributed by atoms with Gasteiger partial charge in [0.05, 0.1) is 28.5 Å². The van der Waals surface area contributed by atoms with Crippen molar-refractivity contribution in [2.75, 3.05) is 39.2 Å². The van der Waals surface area contributed by atoms with Crippen molar-refractivity contribution in [2.45, 2.75) is 22.7 Å². The third-order valence-corrected chi connectivity index (χ3v) is 7.55. The smallest absolute Gasteiger partial charge is 0.338 e. The molecule has 10 heteroatoms. The van der Waals surface area contributed by atoms with Crippen molar-refractivity contribution in [1.82, 2.24) is 4.90 Å². The van der Waals surface area contributed by atoms with Crippen LogP contribution in [0.2, 0.25) is 0 Å². The molecule has 3 aromatic rings. The third kappa shape index (κ3) is 6.15. The van der Waals surface area contributed by atoms with Crippen molar-refractivity contribution >= 4 is 35.0 Å². The zero-order chi connectivity index (χ0) is 27.2. The lowest BCUT2D eigenvalue weighted by molar-refractivity contribution is -0.384. The van der Waals surface area contributed by atoms with Gasteiger partial charge in [-0.25, -0.2) is 4.79 Å². The molecular formula is C28H29N3O6S. The van der Waals surface area contributed by atoms with E-state index in [4.69, 9.17) is 9.47 Å². The van der Waals surface area contributed by atoms with Gasteiger partial charge in [0.15, 0.2) is 6.10 Å². The largest absolute Gasteiger partial charge is 0.497 e. The summed E-state index contributed by atoms with van der Waals surface area (Å²) in [5, 5.41) is 10.5. The Bertz CT molecular complexity index is 1300. The van der Waals surface area contributed by atoms with Crippen molar-refractivity contribution < 1.29 is 24.0 Å². The van der Waals surface area contributed by atoms with E-state index in [1.165, 1.54) is 36.0 Å². The molecule has 198 valence electrons. The standard InChI is InChI=1S/C28H29N3O6S/c1-29(2)17-6-18-30-23-7-4-5-8-24(23)38-26(19-11-15-22(36-3)16-12-19)25(27(30)32)37-28(33)20-9-13-21(14-10-20)31(34)35/h4-5,7-16,25-26H,6,17-18H2,1-3H3/t25-,26+/m1/s1. The molecule has 1 aliphatic heterocycles. The van der Waals surface area contributed by atoms with E-state index in [2.05, 4.69) is 4.90 Å². The maximum Gasteiger partial charge on any atom is 0.338 e. The van der Waals surface area contributed by atoms with Gasteiger partial charge in [-0.1, -0.05) is 24.3 Å². The van der Waals surface area contributed by atoms with E-state index < -0.39 is 22.2 Å². The second-order valence-electron chi connectivity index (χ2n) is 9.06. The van der Waals surface area contributed by atoms with Gasteiger partial charge in [0.25, 0.3) is 11.6 Å². The average Bonchev–Trinajstić information content (AvgIpc) is 3.03. The molecule has 4 rings (SSSR count). The van der Waals surface area contributed by atoms with Crippen LogP contribution in [0.3, 0.4) is 0 Å². The number of amides is 1. The molecule has 0 spiro atoms. The van der Waals surface area contributed by atoms with Crippen LogP contribution in [0.1, 0.15) is 27.6 Å². The summed E-state index contributed by atoms with van der Waals surface area (Å²) in [7, 11) is 5.53. The summed E-state index contributed by atoms with van der Waals surface area (Å²) in [4.78, 5) is 42.5. The number of hydrogen-bond acceptors (Lipinski definition) is 8. The number of carbonyl (C=O) groups excluding carboxylic acids is 2. The minimum atomic E-state index is -1.14. The predicted molar refractivity (Wildman–Crippen MR) is 146 cm³/mol. The first-order chi connectivity index (χ1) is 18.3. The highest BCUT2D eigenvalue weighted by atomic mass is 32.2. The first kappa shape index (κ1) is 27.2. The number of hydrogen-bond donors (Lipinski definition) is 0. The van der Waals surface area contributed by atoms with Crippen LogP contribution in [0.15, 0.2) is 77.7 Å². The molecular weight excluding hydrogens is 506 g/mol. The van der Waals surface area contributed by atoms with Crippen LogP contribution in [0.5, 0.6) is 5.75 Å². The highest BCUT2D eigenvalue weighted by molar-refractivity contribution is 7.99. The summed E-state index contributed by atoms with van der Waals surface area (Å²) in [6.07, 6.45) is -0.406. The zero-order valence-corrected chi connectivity index (χ0v) is 22.2. The maximum atomic E-state index is 14.1. The van der Waals surface area contributed by atoms with Gasteiger partial charge in [-0.05, 0) is 69.0 Å². The Kier molecular flexibility index (Phi) is 8.65. The van der Waals surface area contributed by atoms with Crippen molar-refractivity contribution in [3.05, 3.63) is 94.0 Å². The molecule has 1 heterocycles. The molecule has 0 unspecified atom stereocenters. The van der Waals surface area contributed by atoms with E-state index in [-0.39, 0.29) is 17.2 Å². The number of nitro groups is 1. The number of anilines is 1. The molecule has 0 saturated heterocycles. The van der Waals surface area contributed by atoms with Gasteiger partial charge in [0.2, 0.25) is 0 Å². The van der Waals surface area contributed by atoms with Crippen molar-refractivity contribution in [3.63, 3.8) is 0 Å². The number of fused-ring (bicyclic) bond motifs is 1. The van der Waals surface area contributed by atoms with Gasteiger partial charge >= 0.3 is 5.97 Å². The molecule has 0 aromatic heterocycles. The number of para-hydroxylation sites is 1. The highest BCUT2D eigenvalue weighted by Gasteiger charge is 2.41. The molecule has 0 saturated carbocycles. The highest BCUT2D eigenvalue weighted by Crippen LogP contribution is 2.47. The van der Waals surface area contributed by atoms with E-state index in [0.717, 1.165) is 29.1 Å². The molecule has 1 amide bonds. The first-order valence-corrected chi connectivity index (χ1v) is 13.0. The maximum absolute atomic E-state index is 14.1. The second-order valence-corrected chi connectivity index (χ2v) is 10.2. The van der Waals surface area contributed by atoms with Crippen molar-refractivity contribution in [3.8, 4) is 5.75 Å². The molecule has 0 N–H and O–H groups in total. The third-order valence-electron chi connectivity index (χ3n) is 6.17. The van der Waals surface area contributed by atoms with Crippen LogP contribution in [-0.2, 0) is 9.53 Å². The van der Waals surface area contributed by atoms with Gasteiger partial charge in [-0.3, -0.25) is 14.9 Å². The SMILES string of the molecule is COc1ccc([C@@H]2Sc3ccccc3N(CCCN(C)C)C(=O)[C@@H]2OC(=O)c2ccc([N+](=O)[O-])cc2)cc1. The van der Waals surface area contributed by atoms with E-state index in [9.17, 15) is 19.7 Å².